The Morgan fingerprint density at radius 1 is 1.09 bits per heavy atom. The lowest BCUT2D eigenvalue weighted by Gasteiger charge is -2.11. The predicted octanol–water partition coefficient (Wildman–Crippen LogP) is 3.08. The number of nitrogens with one attached hydrogen (secondary N) is 2. The van der Waals surface area contributed by atoms with Gasteiger partial charge in [0.05, 0.1) is 0 Å². The first-order valence-corrected chi connectivity index (χ1v) is 8.33. The minimum Gasteiger partial charge on any atom is -0.357 e. The maximum atomic E-state index is 6.17. The SMILES string of the molecule is CCNC(=NCCc1ccccn1)NCCc1ccccc1Cl. The number of aliphatic imine (C=N–C) groups is 1. The molecule has 0 aliphatic heterocycles. The second-order valence-corrected chi connectivity index (χ2v) is 5.51. The van der Waals surface area contributed by atoms with Crippen LogP contribution in [0.5, 0.6) is 0 Å². The highest BCUT2D eigenvalue weighted by Crippen LogP contribution is 2.14. The molecular formula is C18H23ClN4. The van der Waals surface area contributed by atoms with Crippen molar-refractivity contribution in [2.75, 3.05) is 19.6 Å². The van der Waals surface area contributed by atoms with Crippen molar-refractivity contribution in [3.63, 3.8) is 0 Å². The van der Waals surface area contributed by atoms with Crippen LogP contribution >= 0.6 is 11.6 Å². The van der Waals surface area contributed by atoms with Crippen LogP contribution in [-0.4, -0.2) is 30.6 Å². The lowest BCUT2D eigenvalue weighted by molar-refractivity contribution is 0.794. The van der Waals surface area contributed by atoms with Gasteiger partial charge >= 0.3 is 0 Å². The van der Waals surface area contributed by atoms with E-state index in [9.17, 15) is 0 Å². The van der Waals surface area contributed by atoms with Gasteiger partial charge in [-0.1, -0.05) is 35.9 Å². The van der Waals surface area contributed by atoms with Crippen LogP contribution in [0.1, 0.15) is 18.2 Å². The number of halogens is 1. The quantitative estimate of drug-likeness (QED) is 0.606. The molecule has 2 N–H and O–H groups in total. The number of rotatable bonds is 7. The Kier molecular flexibility index (Phi) is 7.40. The number of nitrogens with zero attached hydrogens (tertiary/aromatic N) is 2. The molecule has 1 aromatic carbocycles. The molecule has 23 heavy (non-hydrogen) atoms. The first kappa shape index (κ1) is 17.3. The lowest BCUT2D eigenvalue weighted by atomic mass is 10.1. The molecule has 2 aromatic rings. The molecule has 0 aliphatic rings. The van der Waals surface area contributed by atoms with Crippen molar-refractivity contribution >= 4 is 17.6 Å². The Labute approximate surface area is 143 Å². The Morgan fingerprint density at radius 3 is 2.65 bits per heavy atom. The highest BCUT2D eigenvalue weighted by atomic mass is 35.5. The number of aromatic nitrogens is 1. The van der Waals surface area contributed by atoms with E-state index in [1.54, 1.807) is 0 Å². The molecule has 5 heteroatoms. The van der Waals surface area contributed by atoms with Crippen LogP contribution in [0.15, 0.2) is 53.7 Å². The van der Waals surface area contributed by atoms with Gasteiger partial charge in [-0.3, -0.25) is 9.98 Å². The summed E-state index contributed by atoms with van der Waals surface area (Å²) in [5, 5.41) is 7.41. The van der Waals surface area contributed by atoms with Crippen molar-refractivity contribution in [2.45, 2.75) is 19.8 Å². The van der Waals surface area contributed by atoms with Crippen LogP contribution in [0.2, 0.25) is 5.02 Å². The molecule has 0 atom stereocenters. The Hall–Kier alpha value is -2.07. The molecular weight excluding hydrogens is 308 g/mol. The van der Waals surface area contributed by atoms with Crippen LogP contribution in [0.3, 0.4) is 0 Å². The Morgan fingerprint density at radius 2 is 1.91 bits per heavy atom. The second-order valence-electron chi connectivity index (χ2n) is 5.10. The minimum atomic E-state index is 0.707. The zero-order valence-electron chi connectivity index (χ0n) is 13.4. The molecule has 0 aliphatic carbocycles. The van der Waals surface area contributed by atoms with E-state index >= 15 is 0 Å². The maximum Gasteiger partial charge on any atom is 0.191 e. The molecule has 0 fully saturated rings. The molecule has 1 heterocycles. The van der Waals surface area contributed by atoms with Crippen LogP contribution in [-0.2, 0) is 12.8 Å². The van der Waals surface area contributed by atoms with Gasteiger partial charge in [0, 0.05) is 43.0 Å². The van der Waals surface area contributed by atoms with Gasteiger partial charge in [-0.25, -0.2) is 0 Å². The summed E-state index contributed by atoms with van der Waals surface area (Å²) < 4.78 is 0. The molecule has 2 rings (SSSR count). The maximum absolute atomic E-state index is 6.17. The molecule has 0 radical (unpaired) electrons. The highest BCUT2D eigenvalue weighted by molar-refractivity contribution is 6.31. The zero-order valence-corrected chi connectivity index (χ0v) is 14.2. The van der Waals surface area contributed by atoms with Gasteiger partial charge < -0.3 is 10.6 Å². The normalized spacial score (nSPS) is 11.3. The van der Waals surface area contributed by atoms with E-state index in [1.165, 1.54) is 0 Å². The number of hydrogen-bond acceptors (Lipinski definition) is 2. The molecule has 122 valence electrons. The Balaban J connectivity index is 1.81. The number of pyridine rings is 1. The first-order valence-electron chi connectivity index (χ1n) is 7.95. The zero-order chi connectivity index (χ0) is 16.3. The van der Waals surface area contributed by atoms with E-state index in [2.05, 4.69) is 33.6 Å². The van der Waals surface area contributed by atoms with Crippen molar-refractivity contribution < 1.29 is 0 Å². The van der Waals surface area contributed by atoms with Crippen LogP contribution < -0.4 is 10.6 Å². The van der Waals surface area contributed by atoms with Gasteiger partial charge in [0.25, 0.3) is 0 Å². The fraction of sp³-hybridized carbons (Fsp3) is 0.333. The standard InChI is InChI=1S/C18H23ClN4/c1-2-20-18(23-14-11-16-8-5-6-12-21-16)22-13-10-15-7-3-4-9-17(15)19/h3-9,12H,2,10-11,13-14H2,1H3,(H2,20,22,23). The Bertz CT molecular complexity index is 613. The molecule has 4 nitrogen and oxygen atoms in total. The van der Waals surface area contributed by atoms with E-state index < -0.39 is 0 Å². The van der Waals surface area contributed by atoms with Crippen molar-refractivity contribution in [2.24, 2.45) is 4.99 Å². The van der Waals surface area contributed by atoms with Crippen molar-refractivity contribution in [1.82, 2.24) is 15.6 Å². The van der Waals surface area contributed by atoms with Gasteiger partial charge in [-0.2, -0.15) is 0 Å². The average molecular weight is 331 g/mol. The predicted molar refractivity (Wildman–Crippen MR) is 97.1 cm³/mol. The fourth-order valence-electron chi connectivity index (χ4n) is 2.19. The van der Waals surface area contributed by atoms with Gasteiger partial charge in [-0.05, 0) is 37.1 Å². The number of guanidine groups is 1. The molecule has 0 unspecified atom stereocenters. The molecule has 0 saturated heterocycles. The highest BCUT2D eigenvalue weighted by Gasteiger charge is 2.01. The summed E-state index contributed by atoms with van der Waals surface area (Å²) in [6, 6.07) is 13.9. The van der Waals surface area contributed by atoms with E-state index in [4.69, 9.17) is 11.6 Å². The summed E-state index contributed by atoms with van der Waals surface area (Å²) in [5.74, 6) is 0.829. The second kappa shape index (κ2) is 9.85. The lowest BCUT2D eigenvalue weighted by Crippen LogP contribution is -2.38. The van der Waals surface area contributed by atoms with E-state index in [-0.39, 0.29) is 0 Å². The van der Waals surface area contributed by atoms with E-state index in [0.717, 1.165) is 48.2 Å². The summed E-state index contributed by atoms with van der Waals surface area (Å²) in [7, 11) is 0. The molecule has 0 saturated carbocycles. The smallest absolute Gasteiger partial charge is 0.191 e. The fourth-order valence-corrected chi connectivity index (χ4v) is 2.42. The topological polar surface area (TPSA) is 49.3 Å². The molecule has 0 spiro atoms. The van der Waals surface area contributed by atoms with Gasteiger partial charge in [0.2, 0.25) is 0 Å². The third kappa shape index (κ3) is 6.28. The van der Waals surface area contributed by atoms with Gasteiger partial charge in [0.1, 0.15) is 0 Å². The monoisotopic (exact) mass is 330 g/mol. The van der Waals surface area contributed by atoms with Gasteiger partial charge in [0.15, 0.2) is 5.96 Å². The van der Waals surface area contributed by atoms with Crippen molar-refractivity contribution in [1.29, 1.82) is 0 Å². The first-order chi connectivity index (χ1) is 11.3. The van der Waals surface area contributed by atoms with Crippen LogP contribution in [0, 0.1) is 0 Å². The van der Waals surface area contributed by atoms with Crippen LogP contribution in [0.4, 0.5) is 0 Å². The third-order valence-corrected chi connectivity index (χ3v) is 3.72. The summed E-state index contributed by atoms with van der Waals surface area (Å²) in [6.07, 6.45) is 3.51. The summed E-state index contributed by atoms with van der Waals surface area (Å²) in [6.45, 7) is 4.39. The number of hydrogen-bond donors (Lipinski definition) is 2. The largest absolute Gasteiger partial charge is 0.357 e. The molecule has 0 bridgehead atoms. The van der Waals surface area contributed by atoms with E-state index in [1.807, 2.05) is 42.6 Å². The summed E-state index contributed by atoms with van der Waals surface area (Å²) >= 11 is 6.17. The summed E-state index contributed by atoms with van der Waals surface area (Å²) in [5.41, 5.74) is 2.20. The molecule has 1 aromatic heterocycles. The van der Waals surface area contributed by atoms with Crippen molar-refractivity contribution in [3.05, 3.63) is 64.9 Å². The average Bonchev–Trinajstić information content (AvgIpc) is 2.57. The summed E-state index contributed by atoms with van der Waals surface area (Å²) in [4.78, 5) is 8.89. The van der Waals surface area contributed by atoms with Gasteiger partial charge in [-0.15, -0.1) is 0 Å². The minimum absolute atomic E-state index is 0.707. The number of benzene rings is 1. The molecule has 0 amide bonds. The third-order valence-electron chi connectivity index (χ3n) is 3.35. The van der Waals surface area contributed by atoms with Crippen molar-refractivity contribution in [3.8, 4) is 0 Å². The van der Waals surface area contributed by atoms with E-state index in [0.29, 0.717) is 6.54 Å². The van der Waals surface area contributed by atoms with Crippen LogP contribution in [0.25, 0.3) is 0 Å².